The molecule has 7 heteroatoms. The van der Waals surface area contributed by atoms with E-state index < -0.39 is 5.97 Å². The van der Waals surface area contributed by atoms with Gasteiger partial charge in [-0.2, -0.15) is 0 Å². The number of carbonyl (C=O) groups is 2. The van der Waals surface area contributed by atoms with Gasteiger partial charge < -0.3 is 9.64 Å². The van der Waals surface area contributed by atoms with Gasteiger partial charge in [-0.25, -0.2) is 9.78 Å². The maximum atomic E-state index is 13.3. The van der Waals surface area contributed by atoms with Crippen LogP contribution in [0.3, 0.4) is 0 Å². The fourth-order valence-corrected chi connectivity index (χ4v) is 4.24. The number of rotatable bonds is 8. The fourth-order valence-electron chi connectivity index (χ4n) is 3.19. The number of carbonyl (C=O) groups excluding carboxylic acids is 2. The molecule has 1 amide bonds. The quantitative estimate of drug-likeness (QED) is 0.563. The van der Waals surface area contributed by atoms with E-state index in [1.54, 1.807) is 40.5 Å². The van der Waals surface area contributed by atoms with Crippen LogP contribution in [0.25, 0.3) is 10.2 Å². The molecule has 3 aromatic rings. The lowest BCUT2D eigenvalue weighted by Gasteiger charge is -2.20. The maximum absolute atomic E-state index is 13.3. The summed E-state index contributed by atoms with van der Waals surface area (Å²) in [5.74, 6) is -0.535. The Labute approximate surface area is 181 Å². The number of ether oxygens (including phenoxy) is 1. The van der Waals surface area contributed by atoms with Crippen molar-refractivity contribution < 1.29 is 19.2 Å². The lowest BCUT2D eigenvalue weighted by molar-refractivity contribution is -0.858. The van der Waals surface area contributed by atoms with Crippen molar-refractivity contribution in [3.63, 3.8) is 0 Å². The standard InChI is InChI=1S/C23H27N3O3S/c1-5-16-7-12-19-20(15-16)30-23(24-19)26(14-6-13-25(2)3)21(27)17-8-10-18(11-9-17)22(28)29-4/h7-12,15H,5-6,13-14H2,1-4H3/p+1. The van der Waals surface area contributed by atoms with Gasteiger partial charge in [0.25, 0.3) is 5.91 Å². The van der Waals surface area contributed by atoms with Gasteiger partial charge in [0.1, 0.15) is 0 Å². The maximum Gasteiger partial charge on any atom is 0.337 e. The normalized spacial score (nSPS) is 11.1. The second-order valence-electron chi connectivity index (χ2n) is 7.49. The number of aromatic nitrogens is 1. The average Bonchev–Trinajstić information content (AvgIpc) is 3.18. The summed E-state index contributed by atoms with van der Waals surface area (Å²) in [6.45, 7) is 3.67. The molecule has 0 saturated heterocycles. The largest absolute Gasteiger partial charge is 0.465 e. The highest BCUT2D eigenvalue weighted by Gasteiger charge is 2.22. The van der Waals surface area contributed by atoms with E-state index in [0.717, 1.165) is 29.6 Å². The third kappa shape index (κ3) is 5.04. The first-order valence-electron chi connectivity index (χ1n) is 10.1. The number of hydrogen-bond acceptors (Lipinski definition) is 5. The van der Waals surface area contributed by atoms with Crippen molar-refractivity contribution in [2.45, 2.75) is 19.8 Å². The first-order chi connectivity index (χ1) is 14.4. The number of thiazole rings is 1. The number of nitrogens with one attached hydrogen (secondary N) is 1. The summed E-state index contributed by atoms with van der Waals surface area (Å²) < 4.78 is 5.82. The average molecular weight is 427 g/mol. The number of anilines is 1. The lowest BCUT2D eigenvalue weighted by Crippen LogP contribution is -3.05. The summed E-state index contributed by atoms with van der Waals surface area (Å²) in [5.41, 5.74) is 3.10. The Kier molecular flexibility index (Phi) is 7.18. The number of amides is 1. The summed E-state index contributed by atoms with van der Waals surface area (Å²) in [6.07, 6.45) is 1.83. The Bertz CT molecular complexity index is 1030. The third-order valence-electron chi connectivity index (χ3n) is 4.94. The Morgan fingerprint density at radius 3 is 2.43 bits per heavy atom. The van der Waals surface area contributed by atoms with Crippen LogP contribution in [0.2, 0.25) is 0 Å². The van der Waals surface area contributed by atoms with Crippen LogP contribution in [0.4, 0.5) is 5.13 Å². The predicted molar refractivity (Wildman–Crippen MR) is 121 cm³/mol. The molecule has 0 fully saturated rings. The van der Waals surface area contributed by atoms with Crippen LogP contribution in [0.15, 0.2) is 42.5 Å². The topological polar surface area (TPSA) is 63.9 Å². The molecule has 0 radical (unpaired) electrons. The van der Waals surface area contributed by atoms with Gasteiger partial charge in [-0.3, -0.25) is 9.69 Å². The first kappa shape index (κ1) is 21.9. The van der Waals surface area contributed by atoms with Crippen molar-refractivity contribution in [1.82, 2.24) is 4.98 Å². The highest BCUT2D eigenvalue weighted by molar-refractivity contribution is 7.22. The first-order valence-corrected chi connectivity index (χ1v) is 10.9. The molecule has 0 aliphatic heterocycles. The highest BCUT2D eigenvalue weighted by Crippen LogP contribution is 2.30. The van der Waals surface area contributed by atoms with E-state index in [-0.39, 0.29) is 5.91 Å². The van der Waals surface area contributed by atoms with E-state index in [1.807, 2.05) is 6.07 Å². The summed E-state index contributed by atoms with van der Waals surface area (Å²) in [4.78, 5) is 32.8. The molecule has 1 heterocycles. The van der Waals surface area contributed by atoms with Crippen LogP contribution >= 0.6 is 11.3 Å². The number of aryl methyl sites for hydroxylation is 1. The van der Waals surface area contributed by atoms with Crippen LogP contribution in [0.1, 0.15) is 39.6 Å². The van der Waals surface area contributed by atoms with Gasteiger partial charge in [0.15, 0.2) is 5.13 Å². The molecule has 2 aromatic carbocycles. The fraction of sp³-hybridized carbons (Fsp3) is 0.348. The van der Waals surface area contributed by atoms with Crippen LogP contribution < -0.4 is 9.80 Å². The van der Waals surface area contributed by atoms with Crippen LogP contribution in [-0.4, -0.2) is 51.2 Å². The van der Waals surface area contributed by atoms with E-state index >= 15 is 0 Å². The minimum Gasteiger partial charge on any atom is -0.465 e. The molecular weight excluding hydrogens is 398 g/mol. The van der Waals surface area contributed by atoms with Gasteiger partial charge in [0.2, 0.25) is 0 Å². The Balaban J connectivity index is 1.91. The van der Waals surface area contributed by atoms with Gasteiger partial charge in [-0.15, -0.1) is 0 Å². The van der Waals surface area contributed by atoms with Gasteiger partial charge >= 0.3 is 5.97 Å². The van der Waals surface area contributed by atoms with Crippen LogP contribution in [0.5, 0.6) is 0 Å². The number of benzene rings is 2. The molecule has 0 spiro atoms. The molecule has 30 heavy (non-hydrogen) atoms. The van der Waals surface area contributed by atoms with Gasteiger partial charge in [0, 0.05) is 18.5 Å². The van der Waals surface area contributed by atoms with Crippen molar-refractivity contribution in [2.75, 3.05) is 39.2 Å². The van der Waals surface area contributed by atoms with E-state index in [1.165, 1.54) is 17.6 Å². The highest BCUT2D eigenvalue weighted by atomic mass is 32.1. The van der Waals surface area contributed by atoms with E-state index in [9.17, 15) is 9.59 Å². The third-order valence-corrected chi connectivity index (χ3v) is 5.98. The lowest BCUT2D eigenvalue weighted by atomic mass is 10.1. The molecule has 1 N–H and O–H groups in total. The zero-order valence-electron chi connectivity index (χ0n) is 17.9. The smallest absolute Gasteiger partial charge is 0.337 e. The second kappa shape index (κ2) is 9.82. The van der Waals surface area contributed by atoms with Gasteiger partial charge in [0.05, 0.1) is 43.5 Å². The predicted octanol–water partition coefficient (Wildman–Crippen LogP) is 2.83. The monoisotopic (exact) mass is 426 g/mol. The van der Waals surface area contributed by atoms with E-state index in [4.69, 9.17) is 9.72 Å². The summed E-state index contributed by atoms with van der Waals surface area (Å²) >= 11 is 1.54. The summed E-state index contributed by atoms with van der Waals surface area (Å²) in [5, 5.41) is 0.703. The van der Waals surface area contributed by atoms with Crippen molar-refractivity contribution in [3.8, 4) is 0 Å². The molecule has 0 aliphatic rings. The molecule has 0 aliphatic carbocycles. The van der Waals surface area contributed by atoms with Crippen LogP contribution in [0, 0.1) is 0 Å². The van der Waals surface area contributed by atoms with E-state index in [2.05, 4.69) is 33.2 Å². The van der Waals surface area contributed by atoms with Crippen molar-refractivity contribution in [1.29, 1.82) is 0 Å². The van der Waals surface area contributed by atoms with Crippen molar-refractivity contribution >= 4 is 38.6 Å². The molecule has 1 aromatic heterocycles. The zero-order chi connectivity index (χ0) is 21.7. The number of methoxy groups -OCH3 is 1. The number of hydrogen-bond donors (Lipinski definition) is 1. The number of esters is 1. The zero-order valence-corrected chi connectivity index (χ0v) is 18.7. The summed E-state index contributed by atoms with van der Waals surface area (Å²) in [7, 11) is 5.54. The molecule has 0 bridgehead atoms. The van der Waals surface area contributed by atoms with Crippen LogP contribution in [-0.2, 0) is 11.2 Å². The van der Waals surface area contributed by atoms with Gasteiger partial charge in [-0.05, 0) is 48.4 Å². The molecule has 0 unspecified atom stereocenters. The van der Waals surface area contributed by atoms with Crippen molar-refractivity contribution in [2.24, 2.45) is 0 Å². The minimum absolute atomic E-state index is 0.116. The molecule has 6 nitrogen and oxygen atoms in total. The Morgan fingerprint density at radius 2 is 1.80 bits per heavy atom. The minimum atomic E-state index is -0.419. The molecule has 0 atom stereocenters. The molecule has 158 valence electrons. The number of fused-ring (bicyclic) bond motifs is 1. The van der Waals surface area contributed by atoms with E-state index in [0.29, 0.717) is 22.8 Å². The molecular formula is C23H28N3O3S+. The Morgan fingerprint density at radius 1 is 1.10 bits per heavy atom. The van der Waals surface area contributed by atoms with Gasteiger partial charge in [-0.1, -0.05) is 24.3 Å². The SMILES string of the molecule is CCc1ccc2nc(N(CCC[NH+](C)C)C(=O)c3ccc(C(=O)OC)cc3)sc2c1. The number of quaternary nitrogens is 1. The Hall–Kier alpha value is -2.77. The molecule has 0 saturated carbocycles. The number of nitrogens with zero attached hydrogens (tertiary/aromatic N) is 2. The second-order valence-corrected chi connectivity index (χ2v) is 8.50. The molecule has 3 rings (SSSR count). The summed E-state index contributed by atoms with van der Waals surface area (Å²) in [6, 6.07) is 12.8. The van der Waals surface area contributed by atoms with Crippen molar-refractivity contribution in [3.05, 3.63) is 59.2 Å².